The Balaban J connectivity index is 1.92. The quantitative estimate of drug-likeness (QED) is 0.452. The second-order valence-electron chi connectivity index (χ2n) is 6.85. The van der Waals surface area contributed by atoms with Gasteiger partial charge in [0.25, 0.3) is 5.69 Å². The highest BCUT2D eigenvalue weighted by atomic mass is 16.6. The van der Waals surface area contributed by atoms with Crippen LogP contribution in [0.25, 0.3) is 5.57 Å². The molecule has 5 nitrogen and oxygen atoms in total. The van der Waals surface area contributed by atoms with E-state index in [4.69, 9.17) is 0 Å². The highest BCUT2D eigenvalue weighted by Crippen LogP contribution is 2.37. The number of benzene rings is 2. The van der Waals surface area contributed by atoms with Crippen molar-refractivity contribution in [2.45, 2.75) is 26.3 Å². The van der Waals surface area contributed by atoms with E-state index in [-0.39, 0.29) is 11.2 Å². The van der Waals surface area contributed by atoms with Gasteiger partial charge in [0, 0.05) is 36.6 Å². The molecule has 0 spiro atoms. The molecule has 0 amide bonds. The van der Waals surface area contributed by atoms with Crippen molar-refractivity contribution in [1.82, 2.24) is 0 Å². The van der Waals surface area contributed by atoms with E-state index < -0.39 is 4.92 Å². The molecule has 1 aliphatic rings. The standard InChI is InChI=1S/C20H21N3O2/c1-14-12-20(2,3)22(4)19-9-8-15(10-18(14)19)13-21-16-6-5-7-17(11-16)23(24)25/h5-13H,1-4H3. The van der Waals surface area contributed by atoms with Gasteiger partial charge in [0.15, 0.2) is 0 Å². The molecule has 0 bridgehead atoms. The molecule has 1 heterocycles. The summed E-state index contributed by atoms with van der Waals surface area (Å²) in [6, 6.07) is 12.5. The zero-order valence-electron chi connectivity index (χ0n) is 14.9. The van der Waals surface area contributed by atoms with Gasteiger partial charge in [-0.1, -0.05) is 18.2 Å². The summed E-state index contributed by atoms with van der Waals surface area (Å²) >= 11 is 0. The molecule has 0 unspecified atom stereocenters. The number of hydrogen-bond donors (Lipinski definition) is 0. The molecule has 2 aromatic rings. The van der Waals surface area contributed by atoms with Gasteiger partial charge in [-0.25, -0.2) is 0 Å². The van der Waals surface area contributed by atoms with Gasteiger partial charge in [-0.2, -0.15) is 0 Å². The molecular weight excluding hydrogens is 314 g/mol. The molecule has 0 aromatic heterocycles. The second-order valence-corrected chi connectivity index (χ2v) is 6.85. The van der Waals surface area contributed by atoms with E-state index in [0.717, 1.165) is 5.56 Å². The van der Waals surface area contributed by atoms with Crippen LogP contribution in [0.4, 0.5) is 17.1 Å². The topological polar surface area (TPSA) is 58.7 Å². The third kappa shape index (κ3) is 3.31. The van der Waals surface area contributed by atoms with Gasteiger partial charge in [0.05, 0.1) is 16.1 Å². The lowest BCUT2D eigenvalue weighted by Gasteiger charge is -2.40. The summed E-state index contributed by atoms with van der Waals surface area (Å²) in [4.78, 5) is 17.1. The van der Waals surface area contributed by atoms with Crippen LogP contribution in [0.2, 0.25) is 0 Å². The minimum Gasteiger partial charge on any atom is -0.366 e. The number of nitro benzene ring substituents is 1. The Kier molecular flexibility index (Phi) is 4.17. The SMILES string of the molecule is CC1=CC(C)(C)N(C)c2ccc(C=Nc3cccc([N+](=O)[O-])c3)cc21. The van der Waals surface area contributed by atoms with Crippen molar-refractivity contribution in [3.63, 3.8) is 0 Å². The van der Waals surface area contributed by atoms with E-state index >= 15 is 0 Å². The van der Waals surface area contributed by atoms with Crippen LogP contribution in [0.3, 0.4) is 0 Å². The van der Waals surface area contributed by atoms with Crippen molar-refractivity contribution < 1.29 is 4.92 Å². The summed E-state index contributed by atoms with van der Waals surface area (Å²) in [6.45, 7) is 6.50. The molecule has 5 heteroatoms. The predicted octanol–water partition coefficient (Wildman–Crippen LogP) is 4.98. The molecule has 128 valence electrons. The maximum atomic E-state index is 10.9. The van der Waals surface area contributed by atoms with E-state index in [0.29, 0.717) is 5.69 Å². The molecular formula is C20H21N3O2. The van der Waals surface area contributed by atoms with Gasteiger partial charge in [0.2, 0.25) is 0 Å². The summed E-state index contributed by atoms with van der Waals surface area (Å²) in [5.41, 5.74) is 5.17. The fraction of sp³-hybridized carbons (Fsp3) is 0.250. The van der Waals surface area contributed by atoms with Crippen LogP contribution in [0.5, 0.6) is 0 Å². The first kappa shape index (κ1) is 16.9. The first-order chi connectivity index (χ1) is 11.8. The molecule has 2 aromatic carbocycles. The highest BCUT2D eigenvalue weighted by molar-refractivity contribution is 5.88. The van der Waals surface area contributed by atoms with Crippen molar-refractivity contribution in [1.29, 1.82) is 0 Å². The van der Waals surface area contributed by atoms with E-state index in [1.54, 1.807) is 18.3 Å². The Morgan fingerprint density at radius 2 is 1.96 bits per heavy atom. The zero-order chi connectivity index (χ0) is 18.2. The van der Waals surface area contributed by atoms with Crippen LogP contribution in [0.1, 0.15) is 31.9 Å². The Bertz CT molecular complexity index is 898. The molecule has 0 atom stereocenters. The van der Waals surface area contributed by atoms with E-state index in [9.17, 15) is 10.1 Å². The minimum absolute atomic E-state index is 0.0182. The number of allylic oxidation sites excluding steroid dienone is 1. The fourth-order valence-electron chi connectivity index (χ4n) is 3.09. The molecule has 0 aliphatic carbocycles. The Morgan fingerprint density at radius 3 is 2.68 bits per heavy atom. The van der Waals surface area contributed by atoms with Gasteiger partial charge in [-0.3, -0.25) is 15.1 Å². The molecule has 0 fully saturated rings. The molecule has 0 saturated carbocycles. The van der Waals surface area contributed by atoms with Gasteiger partial charge in [0.1, 0.15) is 0 Å². The van der Waals surface area contributed by atoms with Crippen molar-refractivity contribution >= 4 is 28.8 Å². The van der Waals surface area contributed by atoms with Crippen molar-refractivity contribution in [3.05, 3.63) is 69.8 Å². The number of anilines is 1. The monoisotopic (exact) mass is 335 g/mol. The lowest BCUT2D eigenvalue weighted by Crippen LogP contribution is -2.42. The second kappa shape index (κ2) is 6.16. The molecule has 25 heavy (non-hydrogen) atoms. The lowest BCUT2D eigenvalue weighted by atomic mass is 9.89. The minimum atomic E-state index is -0.413. The fourth-order valence-corrected chi connectivity index (χ4v) is 3.09. The first-order valence-electron chi connectivity index (χ1n) is 8.14. The van der Waals surface area contributed by atoms with Gasteiger partial charge in [-0.05, 0) is 50.1 Å². The Morgan fingerprint density at radius 1 is 1.20 bits per heavy atom. The largest absolute Gasteiger partial charge is 0.366 e. The van der Waals surface area contributed by atoms with Gasteiger partial charge in [-0.15, -0.1) is 0 Å². The average molecular weight is 335 g/mol. The smallest absolute Gasteiger partial charge is 0.271 e. The normalized spacial score (nSPS) is 15.8. The van der Waals surface area contributed by atoms with Crippen LogP contribution in [-0.2, 0) is 0 Å². The zero-order valence-corrected chi connectivity index (χ0v) is 14.9. The molecule has 0 radical (unpaired) electrons. The summed E-state index contributed by atoms with van der Waals surface area (Å²) in [6.07, 6.45) is 4.00. The Hall–Kier alpha value is -2.95. The van der Waals surface area contributed by atoms with Crippen LogP contribution in [0, 0.1) is 10.1 Å². The maximum Gasteiger partial charge on any atom is 0.271 e. The number of likely N-dealkylation sites (N-methyl/N-ethyl adjacent to an activating group) is 1. The number of hydrogen-bond acceptors (Lipinski definition) is 4. The number of aliphatic imine (C=N–C) groups is 1. The summed E-state index contributed by atoms with van der Waals surface area (Å²) in [5, 5.41) is 10.9. The van der Waals surface area contributed by atoms with Crippen LogP contribution in [-0.4, -0.2) is 23.7 Å². The van der Waals surface area contributed by atoms with Crippen molar-refractivity contribution in [3.8, 4) is 0 Å². The van der Waals surface area contributed by atoms with Crippen molar-refractivity contribution in [2.75, 3.05) is 11.9 Å². The van der Waals surface area contributed by atoms with E-state index in [1.807, 2.05) is 6.07 Å². The number of nitrogens with zero attached hydrogens (tertiary/aromatic N) is 3. The molecule has 0 saturated heterocycles. The lowest BCUT2D eigenvalue weighted by molar-refractivity contribution is -0.384. The van der Waals surface area contributed by atoms with E-state index in [1.165, 1.54) is 29.0 Å². The van der Waals surface area contributed by atoms with Crippen LogP contribution in [0.15, 0.2) is 53.5 Å². The van der Waals surface area contributed by atoms with Crippen molar-refractivity contribution in [2.24, 2.45) is 4.99 Å². The number of non-ortho nitro benzene ring substituents is 1. The summed E-state index contributed by atoms with van der Waals surface area (Å²) in [7, 11) is 2.10. The third-order valence-electron chi connectivity index (χ3n) is 4.64. The van der Waals surface area contributed by atoms with Gasteiger partial charge >= 0.3 is 0 Å². The van der Waals surface area contributed by atoms with Crippen LogP contribution >= 0.6 is 0 Å². The molecule has 0 N–H and O–H groups in total. The van der Waals surface area contributed by atoms with Crippen LogP contribution < -0.4 is 4.90 Å². The number of rotatable bonds is 3. The average Bonchev–Trinajstić information content (AvgIpc) is 2.58. The highest BCUT2D eigenvalue weighted by Gasteiger charge is 2.28. The van der Waals surface area contributed by atoms with E-state index in [2.05, 4.69) is 55.9 Å². The summed E-state index contributed by atoms with van der Waals surface area (Å²) in [5.74, 6) is 0. The Labute approximate surface area is 147 Å². The predicted molar refractivity (Wildman–Crippen MR) is 103 cm³/mol. The third-order valence-corrected chi connectivity index (χ3v) is 4.64. The number of fused-ring (bicyclic) bond motifs is 1. The van der Waals surface area contributed by atoms with Gasteiger partial charge < -0.3 is 4.90 Å². The summed E-state index contributed by atoms with van der Waals surface area (Å²) < 4.78 is 0. The number of nitro groups is 1. The molecule has 3 rings (SSSR count). The first-order valence-corrected chi connectivity index (χ1v) is 8.14. The molecule has 1 aliphatic heterocycles. The maximum absolute atomic E-state index is 10.9.